The number of imidazole rings is 1. The molecule has 25 heavy (non-hydrogen) atoms. The second-order valence-corrected chi connectivity index (χ2v) is 7.76. The molecule has 3 aromatic rings. The largest absolute Gasteiger partial charge is 0.351 e. The minimum atomic E-state index is -1.45. The average molecular weight is 378 g/mol. The Balaban J connectivity index is 1.61. The van der Waals surface area contributed by atoms with Gasteiger partial charge in [0.2, 0.25) is 5.82 Å². The fraction of sp³-hybridized carbons (Fsp3) is 0.357. The molecule has 1 unspecified atom stereocenters. The maximum atomic E-state index is 12.5. The van der Waals surface area contributed by atoms with Crippen LogP contribution in [0.4, 0.5) is 11.5 Å². The minimum absolute atomic E-state index is 0.0539. The number of H-pyrrole nitrogens is 1. The van der Waals surface area contributed by atoms with Gasteiger partial charge in [-0.25, -0.2) is 15.0 Å². The van der Waals surface area contributed by atoms with Gasteiger partial charge in [-0.15, -0.1) is 11.3 Å². The number of aromatic amines is 1. The maximum absolute atomic E-state index is 12.5. The van der Waals surface area contributed by atoms with E-state index in [1.54, 1.807) is 0 Å². The van der Waals surface area contributed by atoms with Crippen LogP contribution in [-0.4, -0.2) is 42.2 Å². The van der Waals surface area contributed by atoms with E-state index in [1.807, 2.05) is 15.7 Å². The second kappa shape index (κ2) is 6.48. The lowest BCUT2D eigenvalue weighted by molar-refractivity contribution is -0.384. The van der Waals surface area contributed by atoms with Gasteiger partial charge in [-0.05, 0) is 12.8 Å². The van der Waals surface area contributed by atoms with E-state index in [1.165, 1.54) is 17.5 Å². The summed E-state index contributed by atoms with van der Waals surface area (Å²) < 4.78 is 12.5. The molecular weight excluding hydrogens is 364 g/mol. The van der Waals surface area contributed by atoms with Crippen LogP contribution in [0.1, 0.15) is 18.7 Å². The van der Waals surface area contributed by atoms with Crippen LogP contribution in [-0.2, 0) is 16.6 Å². The molecule has 4 heterocycles. The summed E-state index contributed by atoms with van der Waals surface area (Å²) in [6.45, 7) is 1.46. The molecule has 0 radical (unpaired) electrons. The molecule has 0 bridgehead atoms. The topological polar surface area (TPSA) is 118 Å². The molecule has 4 rings (SSSR count). The van der Waals surface area contributed by atoms with Crippen LogP contribution in [0, 0.1) is 10.1 Å². The van der Waals surface area contributed by atoms with Crippen molar-refractivity contribution in [3.05, 3.63) is 32.9 Å². The number of nitro groups is 1. The van der Waals surface area contributed by atoms with Crippen molar-refractivity contribution in [3.8, 4) is 0 Å². The van der Waals surface area contributed by atoms with Gasteiger partial charge in [0.05, 0.1) is 27.0 Å². The van der Waals surface area contributed by atoms with E-state index >= 15 is 0 Å². The van der Waals surface area contributed by atoms with Gasteiger partial charge >= 0.3 is 5.69 Å². The van der Waals surface area contributed by atoms with Crippen molar-refractivity contribution in [1.29, 1.82) is 0 Å². The predicted octanol–water partition coefficient (Wildman–Crippen LogP) is 2.23. The maximum Gasteiger partial charge on any atom is 0.329 e. The number of fused-ring (bicyclic) bond motifs is 1. The Labute approximate surface area is 148 Å². The Morgan fingerprint density at radius 1 is 1.32 bits per heavy atom. The fourth-order valence-corrected chi connectivity index (χ4v) is 4.40. The third-order valence-electron chi connectivity index (χ3n) is 3.98. The third-order valence-corrected chi connectivity index (χ3v) is 5.86. The highest BCUT2D eigenvalue weighted by molar-refractivity contribution is 7.84. The van der Waals surface area contributed by atoms with Crippen molar-refractivity contribution >= 4 is 44.7 Å². The van der Waals surface area contributed by atoms with E-state index < -0.39 is 15.7 Å². The van der Waals surface area contributed by atoms with Crippen molar-refractivity contribution in [2.45, 2.75) is 23.8 Å². The predicted molar refractivity (Wildman–Crippen MR) is 94.2 cm³/mol. The quantitative estimate of drug-likeness (QED) is 0.534. The van der Waals surface area contributed by atoms with Gasteiger partial charge < -0.3 is 9.88 Å². The highest BCUT2D eigenvalue weighted by Crippen LogP contribution is 2.28. The number of anilines is 1. The average Bonchev–Trinajstić information content (AvgIpc) is 3.31. The molecule has 9 nitrogen and oxygen atoms in total. The number of rotatable bonds is 5. The van der Waals surface area contributed by atoms with E-state index in [2.05, 4.69) is 19.9 Å². The Kier molecular flexibility index (Phi) is 4.17. The molecule has 1 N–H and O–H groups in total. The monoisotopic (exact) mass is 378 g/mol. The van der Waals surface area contributed by atoms with Crippen LogP contribution in [0.5, 0.6) is 0 Å². The number of hydrogen-bond acceptors (Lipinski definition) is 8. The first-order chi connectivity index (χ1) is 12.1. The summed E-state index contributed by atoms with van der Waals surface area (Å²) in [5.74, 6) is 0.674. The summed E-state index contributed by atoms with van der Waals surface area (Å²) in [6, 6.07) is 0. The molecule has 0 spiro atoms. The molecule has 0 aromatic carbocycles. The molecule has 0 amide bonds. The molecule has 1 aliphatic heterocycles. The first-order valence-corrected chi connectivity index (χ1v) is 9.93. The van der Waals surface area contributed by atoms with Gasteiger partial charge in [-0.2, -0.15) is 0 Å². The summed E-state index contributed by atoms with van der Waals surface area (Å²) in [7, 11) is -1.45. The molecule has 0 saturated carbocycles. The zero-order chi connectivity index (χ0) is 17.4. The molecule has 0 aliphatic carbocycles. The number of aromatic nitrogens is 4. The molecule has 3 aromatic heterocycles. The molecular formula is C14H14N6O3S2. The highest BCUT2D eigenvalue weighted by atomic mass is 32.2. The van der Waals surface area contributed by atoms with E-state index in [0.29, 0.717) is 16.8 Å². The third kappa shape index (κ3) is 3.12. The Hall–Kier alpha value is -2.40. The molecule has 1 saturated heterocycles. The minimum Gasteiger partial charge on any atom is -0.351 e. The molecule has 1 fully saturated rings. The Bertz CT molecular complexity index is 934. The number of nitrogens with zero attached hydrogens (tertiary/aromatic N) is 5. The van der Waals surface area contributed by atoms with Gasteiger partial charge in [-0.1, -0.05) is 0 Å². The van der Waals surface area contributed by atoms with Crippen LogP contribution >= 0.6 is 11.3 Å². The van der Waals surface area contributed by atoms with Crippen LogP contribution in [0.15, 0.2) is 22.1 Å². The van der Waals surface area contributed by atoms with Gasteiger partial charge in [0.15, 0.2) is 5.16 Å². The standard InChI is InChI=1S/C14H14N6O3S2/c21-20(22)11-5-15-12(18-13(11)19-3-1-2-4-19)8-25(23)14-16-9-6-24-7-10(9)17-14/h5-7H,1-4,8H2,(H,16,17). The number of hydrogen-bond donors (Lipinski definition) is 1. The SMILES string of the molecule is O=[N+]([O-])c1cnc(CS(=O)c2nc3cscc3[nH]2)nc1N1CCCC1. The van der Waals surface area contributed by atoms with E-state index in [-0.39, 0.29) is 11.4 Å². The fourth-order valence-electron chi connectivity index (χ4n) is 2.78. The molecule has 11 heteroatoms. The van der Waals surface area contributed by atoms with Gasteiger partial charge in [0.1, 0.15) is 17.5 Å². The van der Waals surface area contributed by atoms with E-state index in [9.17, 15) is 14.3 Å². The van der Waals surface area contributed by atoms with Crippen molar-refractivity contribution in [3.63, 3.8) is 0 Å². The van der Waals surface area contributed by atoms with E-state index in [0.717, 1.165) is 37.0 Å². The molecule has 1 aliphatic rings. The van der Waals surface area contributed by atoms with Crippen LogP contribution in [0.2, 0.25) is 0 Å². The lowest BCUT2D eigenvalue weighted by Crippen LogP contribution is -2.21. The summed E-state index contributed by atoms with van der Waals surface area (Å²) in [5.41, 5.74) is 1.50. The lowest BCUT2D eigenvalue weighted by Gasteiger charge is -2.16. The first kappa shape index (κ1) is 16.1. The van der Waals surface area contributed by atoms with Crippen molar-refractivity contribution in [2.75, 3.05) is 18.0 Å². The van der Waals surface area contributed by atoms with Crippen molar-refractivity contribution in [2.24, 2.45) is 0 Å². The first-order valence-electron chi connectivity index (χ1n) is 7.67. The zero-order valence-corrected chi connectivity index (χ0v) is 14.7. The Morgan fingerprint density at radius 3 is 2.84 bits per heavy atom. The van der Waals surface area contributed by atoms with Crippen LogP contribution in [0.25, 0.3) is 11.0 Å². The van der Waals surface area contributed by atoms with Crippen LogP contribution in [0.3, 0.4) is 0 Å². The summed E-state index contributed by atoms with van der Waals surface area (Å²) >= 11 is 1.52. The molecule has 130 valence electrons. The second-order valence-electron chi connectivity index (χ2n) is 5.65. The zero-order valence-electron chi connectivity index (χ0n) is 13.0. The Morgan fingerprint density at radius 2 is 2.12 bits per heavy atom. The normalized spacial score (nSPS) is 15.8. The van der Waals surface area contributed by atoms with Gasteiger partial charge in [0.25, 0.3) is 0 Å². The van der Waals surface area contributed by atoms with Crippen molar-refractivity contribution < 1.29 is 9.13 Å². The van der Waals surface area contributed by atoms with E-state index in [4.69, 9.17) is 0 Å². The highest BCUT2D eigenvalue weighted by Gasteiger charge is 2.25. The number of nitrogens with one attached hydrogen (secondary N) is 1. The van der Waals surface area contributed by atoms with Crippen molar-refractivity contribution in [1.82, 2.24) is 19.9 Å². The smallest absolute Gasteiger partial charge is 0.329 e. The lowest BCUT2D eigenvalue weighted by atomic mass is 10.4. The number of thiophene rings is 1. The van der Waals surface area contributed by atoms with Gasteiger partial charge in [0, 0.05) is 23.8 Å². The summed E-state index contributed by atoms with van der Waals surface area (Å²) in [4.78, 5) is 28.3. The van der Waals surface area contributed by atoms with Crippen LogP contribution < -0.4 is 4.90 Å². The summed E-state index contributed by atoms with van der Waals surface area (Å²) in [5, 5.41) is 15.4. The van der Waals surface area contributed by atoms with Gasteiger partial charge in [-0.3, -0.25) is 14.3 Å². The molecule has 1 atom stereocenters. The summed E-state index contributed by atoms with van der Waals surface area (Å²) in [6.07, 6.45) is 3.16.